The molecule has 3 heterocycles. The molecule has 2 aromatic rings. The molecule has 1 atom stereocenters. The summed E-state index contributed by atoms with van der Waals surface area (Å²) in [6.45, 7) is 5.81. The van der Waals surface area contributed by atoms with Crippen molar-refractivity contribution in [1.82, 2.24) is 19.7 Å². The van der Waals surface area contributed by atoms with Crippen molar-refractivity contribution in [3.8, 4) is 0 Å². The van der Waals surface area contributed by atoms with Gasteiger partial charge in [0.05, 0.1) is 4.88 Å². The Morgan fingerprint density at radius 1 is 1.50 bits per heavy atom. The highest BCUT2D eigenvalue weighted by molar-refractivity contribution is 7.14. The van der Waals surface area contributed by atoms with Crippen molar-refractivity contribution in [2.75, 3.05) is 13.1 Å². The summed E-state index contributed by atoms with van der Waals surface area (Å²) in [6, 6.07) is 2.06. The zero-order chi connectivity index (χ0) is 15.7. The van der Waals surface area contributed by atoms with Gasteiger partial charge in [0.25, 0.3) is 5.91 Å². The number of amides is 1. The smallest absolute Gasteiger partial charge is 0.263 e. The maximum absolute atomic E-state index is 12.8. The van der Waals surface area contributed by atoms with Crippen molar-refractivity contribution in [3.63, 3.8) is 0 Å². The van der Waals surface area contributed by atoms with Crippen LogP contribution in [0.25, 0.3) is 0 Å². The second kappa shape index (κ2) is 6.20. The molecule has 22 heavy (non-hydrogen) atoms. The molecule has 1 amide bonds. The Kier molecular flexibility index (Phi) is 4.29. The minimum atomic E-state index is 0.166. The zero-order valence-corrected chi connectivity index (χ0v) is 14.2. The van der Waals surface area contributed by atoms with E-state index in [9.17, 15) is 4.79 Å². The molecule has 5 nitrogen and oxygen atoms in total. The maximum atomic E-state index is 12.8. The molecule has 0 bridgehead atoms. The molecule has 2 aromatic heterocycles. The Balaban J connectivity index is 1.76. The van der Waals surface area contributed by atoms with Crippen molar-refractivity contribution in [1.29, 1.82) is 0 Å². The predicted molar refractivity (Wildman–Crippen MR) is 87.3 cm³/mol. The van der Waals surface area contributed by atoms with Crippen LogP contribution in [0.1, 0.15) is 51.6 Å². The molecule has 1 aliphatic heterocycles. The lowest BCUT2D eigenvalue weighted by atomic mass is 9.97. The summed E-state index contributed by atoms with van der Waals surface area (Å²) < 4.78 is 1.96. The molecule has 3 rings (SSSR count). The SMILES string of the molecule is CCc1cc(C(=O)N2CCCC(c3nncn3C)C2)sc1C. The molecule has 0 N–H and O–H groups in total. The fourth-order valence-electron chi connectivity index (χ4n) is 3.17. The van der Waals surface area contributed by atoms with E-state index in [-0.39, 0.29) is 11.8 Å². The third-order valence-corrected chi connectivity index (χ3v) is 5.51. The van der Waals surface area contributed by atoms with Crippen LogP contribution in [0.2, 0.25) is 0 Å². The van der Waals surface area contributed by atoms with E-state index < -0.39 is 0 Å². The van der Waals surface area contributed by atoms with Gasteiger partial charge in [0, 0.05) is 30.9 Å². The first-order chi connectivity index (χ1) is 10.6. The fraction of sp³-hybridized carbons (Fsp3) is 0.562. The van der Waals surface area contributed by atoms with Crippen molar-refractivity contribution >= 4 is 17.2 Å². The number of thiophene rings is 1. The van der Waals surface area contributed by atoms with Crippen LogP contribution in [-0.4, -0.2) is 38.7 Å². The largest absolute Gasteiger partial charge is 0.337 e. The molecule has 1 unspecified atom stereocenters. The van der Waals surface area contributed by atoms with Crippen LogP contribution in [-0.2, 0) is 13.5 Å². The van der Waals surface area contributed by atoms with E-state index in [4.69, 9.17) is 0 Å². The molecule has 0 spiro atoms. The minimum Gasteiger partial charge on any atom is -0.337 e. The predicted octanol–water partition coefficient (Wildman–Crippen LogP) is 2.77. The highest BCUT2D eigenvalue weighted by Crippen LogP contribution is 2.28. The average Bonchev–Trinajstić information content (AvgIpc) is 3.12. The summed E-state index contributed by atoms with van der Waals surface area (Å²) >= 11 is 1.62. The molecule has 1 fully saturated rings. The zero-order valence-electron chi connectivity index (χ0n) is 13.4. The van der Waals surface area contributed by atoms with E-state index in [1.165, 1.54) is 10.4 Å². The number of carbonyl (C=O) groups excluding carboxylic acids is 1. The van der Waals surface area contributed by atoms with Gasteiger partial charge in [-0.2, -0.15) is 0 Å². The topological polar surface area (TPSA) is 51.0 Å². The number of hydrogen-bond donors (Lipinski definition) is 0. The maximum Gasteiger partial charge on any atom is 0.263 e. The van der Waals surface area contributed by atoms with Crippen molar-refractivity contribution in [2.45, 2.75) is 39.0 Å². The number of likely N-dealkylation sites (tertiary alicyclic amines) is 1. The number of piperidine rings is 1. The average molecular weight is 318 g/mol. The highest BCUT2D eigenvalue weighted by Gasteiger charge is 2.28. The van der Waals surface area contributed by atoms with Gasteiger partial charge in [0.1, 0.15) is 12.2 Å². The third kappa shape index (κ3) is 2.79. The van der Waals surface area contributed by atoms with Crippen LogP contribution < -0.4 is 0 Å². The van der Waals surface area contributed by atoms with Crippen LogP contribution in [0, 0.1) is 6.92 Å². The monoisotopic (exact) mass is 318 g/mol. The van der Waals surface area contributed by atoms with Gasteiger partial charge >= 0.3 is 0 Å². The molecule has 118 valence electrons. The molecule has 1 saturated heterocycles. The minimum absolute atomic E-state index is 0.166. The van der Waals surface area contributed by atoms with Gasteiger partial charge in [0.2, 0.25) is 0 Å². The Morgan fingerprint density at radius 3 is 2.95 bits per heavy atom. The molecule has 0 radical (unpaired) electrons. The van der Waals surface area contributed by atoms with Gasteiger partial charge in [-0.25, -0.2) is 0 Å². The van der Waals surface area contributed by atoms with Gasteiger partial charge < -0.3 is 9.47 Å². The molecule has 1 aliphatic rings. The van der Waals surface area contributed by atoms with Crippen molar-refractivity contribution in [3.05, 3.63) is 33.5 Å². The van der Waals surface area contributed by atoms with Gasteiger partial charge in [-0.15, -0.1) is 21.5 Å². The highest BCUT2D eigenvalue weighted by atomic mass is 32.1. The Hall–Kier alpha value is -1.69. The van der Waals surface area contributed by atoms with Gasteiger partial charge in [-0.1, -0.05) is 6.92 Å². The Morgan fingerprint density at radius 2 is 2.32 bits per heavy atom. The summed E-state index contributed by atoms with van der Waals surface area (Å²) in [5, 5.41) is 8.18. The first-order valence-electron chi connectivity index (χ1n) is 7.82. The standard InChI is InChI=1S/C16H22N4OS/c1-4-12-8-14(22-11(12)2)16(21)20-7-5-6-13(9-20)15-18-17-10-19(15)3/h8,10,13H,4-7,9H2,1-3H3. The lowest BCUT2D eigenvalue weighted by Crippen LogP contribution is -2.39. The molecular weight excluding hydrogens is 296 g/mol. The molecule has 0 aromatic carbocycles. The number of aryl methyl sites for hydroxylation is 3. The summed E-state index contributed by atoms with van der Waals surface area (Å²) in [5.41, 5.74) is 1.29. The second-order valence-corrected chi connectivity index (χ2v) is 7.19. The first-order valence-corrected chi connectivity index (χ1v) is 8.64. The summed E-state index contributed by atoms with van der Waals surface area (Å²) in [5.74, 6) is 1.44. The fourth-order valence-corrected chi connectivity index (χ4v) is 4.25. The number of aromatic nitrogens is 3. The normalized spacial score (nSPS) is 18.7. The van der Waals surface area contributed by atoms with Crippen LogP contribution in [0.15, 0.2) is 12.4 Å². The third-order valence-electron chi connectivity index (χ3n) is 4.43. The quantitative estimate of drug-likeness (QED) is 0.874. The summed E-state index contributed by atoms with van der Waals surface area (Å²) in [7, 11) is 1.96. The number of rotatable bonds is 3. The van der Waals surface area contributed by atoms with E-state index in [0.29, 0.717) is 0 Å². The van der Waals surface area contributed by atoms with Crippen LogP contribution in [0.4, 0.5) is 0 Å². The van der Waals surface area contributed by atoms with Crippen molar-refractivity contribution in [2.24, 2.45) is 7.05 Å². The Bertz CT molecular complexity index is 675. The van der Waals surface area contributed by atoms with Crippen LogP contribution >= 0.6 is 11.3 Å². The molecule has 0 aliphatic carbocycles. The van der Waals surface area contributed by atoms with E-state index in [1.807, 2.05) is 16.5 Å². The van der Waals surface area contributed by atoms with Gasteiger partial charge in [-0.05, 0) is 37.8 Å². The van der Waals surface area contributed by atoms with Gasteiger partial charge in [-0.3, -0.25) is 4.79 Å². The second-order valence-electron chi connectivity index (χ2n) is 5.94. The first kappa shape index (κ1) is 15.2. The summed E-state index contributed by atoms with van der Waals surface area (Å²) in [6.07, 6.45) is 4.80. The van der Waals surface area contributed by atoms with Crippen LogP contribution in [0.5, 0.6) is 0 Å². The Labute approximate surface area is 135 Å². The lowest BCUT2D eigenvalue weighted by Gasteiger charge is -2.31. The van der Waals surface area contributed by atoms with Crippen molar-refractivity contribution < 1.29 is 4.79 Å². The summed E-state index contributed by atoms with van der Waals surface area (Å²) in [4.78, 5) is 16.9. The number of nitrogens with zero attached hydrogens (tertiary/aromatic N) is 4. The van der Waals surface area contributed by atoms with Gasteiger partial charge in [0.15, 0.2) is 0 Å². The number of carbonyl (C=O) groups is 1. The molecular formula is C16H22N4OS. The molecule has 6 heteroatoms. The lowest BCUT2D eigenvalue weighted by molar-refractivity contribution is 0.0708. The van der Waals surface area contributed by atoms with E-state index in [0.717, 1.165) is 43.1 Å². The number of hydrogen-bond acceptors (Lipinski definition) is 4. The molecule has 0 saturated carbocycles. The van der Waals surface area contributed by atoms with Crippen LogP contribution in [0.3, 0.4) is 0 Å². The van der Waals surface area contributed by atoms with E-state index in [1.54, 1.807) is 17.7 Å². The van der Waals surface area contributed by atoms with E-state index in [2.05, 4.69) is 30.1 Å². The van der Waals surface area contributed by atoms with E-state index >= 15 is 0 Å².